The van der Waals surface area contributed by atoms with Crippen molar-refractivity contribution in [3.8, 4) is 11.5 Å². The Morgan fingerprint density at radius 2 is 1.96 bits per heavy atom. The molecule has 1 unspecified atom stereocenters. The lowest BCUT2D eigenvalue weighted by molar-refractivity contribution is -0.100. The van der Waals surface area contributed by atoms with Gasteiger partial charge in [0.1, 0.15) is 0 Å². The van der Waals surface area contributed by atoms with E-state index < -0.39 is 0 Å². The fraction of sp³-hybridized carbons (Fsp3) is 0.684. The van der Waals surface area contributed by atoms with Crippen molar-refractivity contribution >= 4 is 0 Å². The molecule has 1 spiro atoms. The Bertz CT molecular complexity index is 535. The highest BCUT2D eigenvalue weighted by Gasteiger charge is 2.47. The van der Waals surface area contributed by atoms with Crippen LogP contribution >= 0.6 is 0 Å². The second-order valence-electron chi connectivity index (χ2n) is 7.34. The second kappa shape index (κ2) is 6.70. The van der Waals surface area contributed by atoms with Gasteiger partial charge in [-0.15, -0.1) is 0 Å². The van der Waals surface area contributed by atoms with E-state index in [9.17, 15) is 5.11 Å². The van der Waals surface area contributed by atoms with Gasteiger partial charge in [-0.05, 0) is 75.7 Å². The Morgan fingerprint density at radius 3 is 2.48 bits per heavy atom. The fourth-order valence-corrected chi connectivity index (χ4v) is 3.84. The molecule has 1 atom stereocenters. The Kier molecular flexibility index (Phi) is 4.83. The third kappa shape index (κ3) is 3.48. The van der Waals surface area contributed by atoms with Crippen LogP contribution in [0.15, 0.2) is 18.2 Å². The van der Waals surface area contributed by atoms with Gasteiger partial charge in [-0.1, -0.05) is 6.07 Å². The van der Waals surface area contributed by atoms with Gasteiger partial charge in [-0.2, -0.15) is 0 Å². The van der Waals surface area contributed by atoms with Gasteiger partial charge < -0.3 is 14.6 Å². The number of hydrogen-bond acceptors (Lipinski definition) is 4. The third-order valence-electron chi connectivity index (χ3n) is 5.47. The molecule has 2 fully saturated rings. The third-order valence-corrected chi connectivity index (χ3v) is 5.47. The number of piperidine rings is 1. The van der Waals surface area contributed by atoms with E-state index in [-0.39, 0.29) is 17.6 Å². The van der Waals surface area contributed by atoms with Crippen molar-refractivity contribution in [3.63, 3.8) is 0 Å². The number of benzene rings is 1. The molecule has 3 rings (SSSR count). The molecule has 1 aromatic rings. The van der Waals surface area contributed by atoms with E-state index in [4.69, 9.17) is 9.47 Å². The molecule has 1 saturated heterocycles. The van der Waals surface area contributed by atoms with Crippen molar-refractivity contribution in [2.75, 3.05) is 20.2 Å². The Labute approximate surface area is 139 Å². The summed E-state index contributed by atoms with van der Waals surface area (Å²) in [7, 11) is 1.69. The number of rotatable bonds is 5. The van der Waals surface area contributed by atoms with Crippen LogP contribution in [0.4, 0.5) is 0 Å². The molecule has 1 aliphatic carbocycles. The number of aliphatic hydroxyl groups is 1. The molecule has 1 saturated carbocycles. The van der Waals surface area contributed by atoms with Crippen molar-refractivity contribution in [1.82, 2.24) is 4.90 Å². The zero-order chi connectivity index (χ0) is 16.4. The summed E-state index contributed by atoms with van der Waals surface area (Å²) >= 11 is 0. The first-order chi connectivity index (χ1) is 11.0. The van der Waals surface area contributed by atoms with Crippen molar-refractivity contribution in [3.05, 3.63) is 23.8 Å². The minimum absolute atomic E-state index is 0.0581. The van der Waals surface area contributed by atoms with Gasteiger partial charge in [0.25, 0.3) is 0 Å². The van der Waals surface area contributed by atoms with Crippen LogP contribution < -0.4 is 9.47 Å². The van der Waals surface area contributed by atoms with Crippen molar-refractivity contribution < 1.29 is 14.6 Å². The molecule has 0 aromatic heterocycles. The summed E-state index contributed by atoms with van der Waals surface area (Å²) in [5.74, 6) is 1.61. The lowest BCUT2D eigenvalue weighted by Gasteiger charge is -2.51. The summed E-state index contributed by atoms with van der Waals surface area (Å²) in [6.45, 7) is 7.12. The van der Waals surface area contributed by atoms with Gasteiger partial charge in [-0.25, -0.2) is 0 Å². The summed E-state index contributed by atoms with van der Waals surface area (Å²) in [5.41, 5.74) is 1.49. The first kappa shape index (κ1) is 16.6. The highest BCUT2D eigenvalue weighted by atomic mass is 16.5. The largest absolute Gasteiger partial charge is 0.493 e. The Hall–Kier alpha value is -1.26. The Balaban J connectivity index is 1.60. The number of methoxy groups -OCH3 is 1. The van der Waals surface area contributed by atoms with Crippen LogP contribution in [-0.2, 0) is 6.54 Å². The van der Waals surface area contributed by atoms with Gasteiger partial charge in [-0.3, -0.25) is 4.90 Å². The quantitative estimate of drug-likeness (QED) is 0.905. The van der Waals surface area contributed by atoms with E-state index in [0.717, 1.165) is 50.4 Å². The molecule has 1 N–H and O–H groups in total. The maximum atomic E-state index is 10.0. The van der Waals surface area contributed by atoms with Gasteiger partial charge in [0, 0.05) is 6.54 Å². The molecule has 2 aliphatic rings. The number of hydrogen-bond donors (Lipinski definition) is 1. The minimum Gasteiger partial charge on any atom is -0.493 e. The highest BCUT2D eigenvalue weighted by molar-refractivity contribution is 5.43. The SMILES string of the molecule is COc1cc(CN2CCC3(CCC3O)CC2)ccc1OC(C)C. The van der Waals surface area contributed by atoms with Crippen LogP contribution in [0.5, 0.6) is 11.5 Å². The van der Waals surface area contributed by atoms with E-state index in [2.05, 4.69) is 17.0 Å². The lowest BCUT2D eigenvalue weighted by atomic mass is 9.61. The van der Waals surface area contributed by atoms with E-state index >= 15 is 0 Å². The Morgan fingerprint density at radius 1 is 1.22 bits per heavy atom. The number of aliphatic hydroxyl groups excluding tert-OH is 1. The summed E-state index contributed by atoms with van der Waals surface area (Å²) < 4.78 is 11.2. The van der Waals surface area contributed by atoms with Crippen LogP contribution in [0.25, 0.3) is 0 Å². The molecule has 4 heteroatoms. The van der Waals surface area contributed by atoms with E-state index in [0.29, 0.717) is 0 Å². The zero-order valence-corrected chi connectivity index (χ0v) is 14.5. The molecule has 23 heavy (non-hydrogen) atoms. The monoisotopic (exact) mass is 319 g/mol. The van der Waals surface area contributed by atoms with Crippen LogP contribution in [0, 0.1) is 5.41 Å². The molecule has 0 amide bonds. The summed E-state index contributed by atoms with van der Waals surface area (Å²) in [4.78, 5) is 2.48. The molecule has 128 valence electrons. The standard InChI is InChI=1S/C19H29NO3/c1-14(2)23-16-5-4-15(12-17(16)22-3)13-20-10-8-19(9-11-20)7-6-18(19)21/h4-5,12,14,18,21H,6-11,13H2,1-3H3. The molecule has 1 aliphatic heterocycles. The predicted molar refractivity (Wildman–Crippen MR) is 90.9 cm³/mol. The molecule has 4 nitrogen and oxygen atoms in total. The molecule has 0 bridgehead atoms. The van der Waals surface area contributed by atoms with E-state index in [1.165, 1.54) is 12.0 Å². The van der Waals surface area contributed by atoms with Gasteiger partial charge in [0.05, 0.1) is 19.3 Å². The zero-order valence-electron chi connectivity index (χ0n) is 14.5. The predicted octanol–water partition coefficient (Wildman–Crippen LogP) is 3.22. The van der Waals surface area contributed by atoms with E-state index in [1.54, 1.807) is 7.11 Å². The smallest absolute Gasteiger partial charge is 0.161 e. The maximum Gasteiger partial charge on any atom is 0.161 e. The normalized spacial score (nSPS) is 23.8. The minimum atomic E-state index is -0.0581. The fourth-order valence-electron chi connectivity index (χ4n) is 3.84. The molecule has 1 heterocycles. The molecule has 0 radical (unpaired) electrons. The van der Waals surface area contributed by atoms with Crippen molar-refractivity contribution in [2.24, 2.45) is 5.41 Å². The lowest BCUT2D eigenvalue weighted by Crippen LogP contribution is -2.51. The number of ether oxygens (including phenoxy) is 2. The molecule has 1 aromatic carbocycles. The van der Waals surface area contributed by atoms with Gasteiger partial charge in [0.2, 0.25) is 0 Å². The first-order valence-corrected chi connectivity index (χ1v) is 8.76. The van der Waals surface area contributed by atoms with Crippen LogP contribution in [0.3, 0.4) is 0 Å². The molecular weight excluding hydrogens is 290 g/mol. The highest BCUT2D eigenvalue weighted by Crippen LogP contribution is 2.49. The van der Waals surface area contributed by atoms with Gasteiger partial charge >= 0.3 is 0 Å². The van der Waals surface area contributed by atoms with Crippen LogP contribution in [0.1, 0.15) is 45.1 Å². The average Bonchev–Trinajstić information content (AvgIpc) is 2.55. The average molecular weight is 319 g/mol. The maximum absolute atomic E-state index is 10.0. The van der Waals surface area contributed by atoms with Crippen LogP contribution in [-0.4, -0.2) is 42.4 Å². The first-order valence-electron chi connectivity index (χ1n) is 8.76. The second-order valence-corrected chi connectivity index (χ2v) is 7.34. The van der Waals surface area contributed by atoms with Crippen molar-refractivity contribution in [2.45, 2.75) is 58.3 Å². The van der Waals surface area contributed by atoms with Gasteiger partial charge in [0.15, 0.2) is 11.5 Å². The van der Waals surface area contributed by atoms with E-state index in [1.807, 2.05) is 19.9 Å². The van der Waals surface area contributed by atoms with Crippen molar-refractivity contribution in [1.29, 1.82) is 0 Å². The topological polar surface area (TPSA) is 41.9 Å². The van der Waals surface area contributed by atoms with Crippen LogP contribution in [0.2, 0.25) is 0 Å². The molecular formula is C19H29NO3. The number of nitrogens with zero attached hydrogens (tertiary/aromatic N) is 1. The summed E-state index contributed by atoms with van der Waals surface area (Å²) in [6.07, 6.45) is 4.53. The number of likely N-dealkylation sites (tertiary alicyclic amines) is 1. The summed E-state index contributed by atoms with van der Waals surface area (Å²) in [5, 5.41) is 10.0. The summed E-state index contributed by atoms with van der Waals surface area (Å²) in [6, 6.07) is 6.22.